The van der Waals surface area contributed by atoms with E-state index in [1.54, 1.807) is 6.07 Å². The van der Waals surface area contributed by atoms with Gasteiger partial charge in [-0.05, 0) is 24.3 Å². The fourth-order valence-corrected chi connectivity index (χ4v) is 3.31. The van der Waals surface area contributed by atoms with Crippen LogP contribution in [0.25, 0.3) is 10.9 Å². The highest BCUT2D eigenvalue weighted by Gasteiger charge is 2.15. The van der Waals surface area contributed by atoms with Gasteiger partial charge in [0.2, 0.25) is 0 Å². The lowest BCUT2D eigenvalue weighted by atomic mass is 10.1. The molecule has 3 rings (SSSR count). The highest BCUT2D eigenvalue weighted by molar-refractivity contribution is 7.99. The molecule has 0 bridgehead atoms. The summed E-state index contributed by atoms with van der Waals surface area (Å²) in [5.41, 5.74) is 1.47. The number of rotatable bonds is 1. The Labute approximate surface area is 121 Å². The zero-order chi connectivity index (χ0) is 13.2. The number of hydrogen-bond donors (Lipinski definition) is 0. The zero-order valence-corrected chi connectivity index (χ0v) is 11.8. The first-order valence-corrected chi connectivity index (χ1v) is 7.64. The Morgan fingerprint density at radius 3 is 2.79 bits per heavy atom. The van der Waals surface area contributed by atoms with Crippen LogP contribution in [0.5, 0.6) is 0 Å². The second kappa shape index (κ2) is 5.28. The van der Waals surface area contributed by atoms with E-state index in [-0.39, 0.29) is 0 Å². The summed E-state index contributed by atoms with van der Waals surface area (Å²) in [4.78, 5) is 6.90. The van der Waals surface area contributed by atoms with Gasteiger partial charge in [-0.15, -0.1) is 0 Å². The maximum absolute atomic E-state index is 9.31. The number of nitriles is 1. The second-order valence-corrected chi connectivity index (χ2v) is 6.06. The van der Waals surface area contributed by atoms with Crippen molar-refractivity contribution >= 4 is 40.1 Å². The summed E-state index contributed by atoms with van der Waals surface area (Å²) in [6, 6.07) is 9.61. The number of halogens is 1. The Bertz CT molecular complexity index is 660. The number of aromatic nitrogens is 1. The van der Waals surface area contributed by atoms with E-state index in [4.69, 9.17) is 11.6 Å². The van der Waals surface area contributed by atoms with E-state index in [1.807, 2.05) is 30.0 Å². The predicted molar refractivity (Wildman–Crippen MR) is 81.0 cm³/mol. The van der Waals surface area contributed by atoms with Gasteiger partial charge < -0.3 is 4.90 Å². The Kier molecular flexibility index (Phi) is 3.50. The summed E-state index contributed by atoms with van der Waals surface area (Å²) in [5, 5.41) is 10.8. The summed E-state index contributed by atoms with van der Waals surface area (Å²) in [6.07, 6.45) is 0. The normalized spacial score (nSPS) is 15.5. The third kappa shape index (κ3) is 2.49. The van der Waals surface area contributed by atoms with Crippen LogP contribution in [0, 0.1) is 11.3 Å². The monoisotopic (exact) mass is 289 g/mol. The first kappa shape index (κ1) is 12.6. The topological polar surface area (TPSA) is 39.9 Å². The van der Waals surface area contributed by atoms with Crippen molar-refractivity contribution in [3.05, 3.63) is 34.9 Å². The first-order valence-electron chi connectivity index (χ1n) is 6.11. The van der Waals surface area contributed by atoms with E-state index in [2.05, 4.69) is 16.0 Å². The van der Waals surface area contributed by atoms with Gasteiger partial charge in [0.05, 0.1) is 17.1 Å². The maximum Gasteiger partial charge on any atom is 0.130 e. The average Bonchev–Trinajstić information content (AvgIpc) is 2.47. The molecule has 19 heavy (non-hydrogen) atoms. The number of thioether (sulfide) groups is 1. The lowest BCUT2D eigenvalue weighted by Crippen LogP contribution is -2.33. The third-order valence-electron chi connectivity index (χ3n) is 3.21. The van der Waals surface area contributed by atoms with Gasteiger partial charge in [0.15, 0.2) is 0 Å². The summed E-state index contributed by atoms with van der Waals surface area (Å²) in [7, 11) is 0. The molecule has 1 aromatic carbocycles. The van der Waals surface area contributed by atoms with Gasteiger partial charge >= 0.3 is 0 Å². The highest BCUT2D eigenvalue weighted by Crippen LogP contribution is 2.26. The second-order valence-electron chi connectivity index (χ2n) is 4.40. The van der Waals surface area contributed by atoms with Gasteiger partial charge in [-0.25, -0.2) is 4.98 Å². The van der Waals surface area contributed by atoms with Crippen LogP contribution in [0.15, 0.2) is 24.3 Å². The Balaban J connectivity index is 2.12. The van der Waals surface area contributed by atoms with Crippen LogP contribution < -0.4 is 4.90 Å². The number of nitrogens with zero attached hydrogens (tertiary/aromatic N) is 3. The molecule has 0 amide bonds. The molecular weight excluding hydrogens is 278 g/mol. The van der Waals surface area contributed by atoms with Crippen LogP contribution in [-0.2, 0) is 0 Å². The van der Waals surface area contributed by atoms with Gasteiger partial charge in [-0.2, -0.15) is 17.0 Å². The van der Waals surface area contributed by atoms with Crippen molar-refractivity contribution in [2.45, 2.75) is 0 Å². The smallest absolute Gasteiger partial charge is 0.130 e. The standard InChI is InChI=1S/C14H12ClN3S/c15-11-1-2-13-12(8-11)10(9-16)7-14(17-13)18-3-5-19-6-4-18/h1-2,7-8H,3-6H2. The molecule has 96 valence electrons. The molecule has 0 saturated carbocycles. The summed E-state index contributed by atoms with van der Waals surface area (Å²) >= 11 is 7.94. The molecule has 0 atom stereocenters. The van der Waals surface area contributed by atoms with Crippen molar-refractivity contribution in [3.8, 4) is 6.07 Å². The highest BCUT2D eigenvalue weighted by atomic mass is 35.5. The molecule has 5 heteroatoms. The van der Waals surface area contributed by atoms with E-state index in [9.17, 15) is 5.26 Å². The van der Waals surface area contributed by atoms with Crippen LogP contribution in [-0.4, -0.2) is 29.6 Å². The van der Waals surface area contributed by atoms with E-state index in [0.29, 0.717) is 10.6 Å². The quantitative estimate of drug-likeness (QED) is 0.807. The Hall–Kier alpha value is -1.44. The molecule has 1 fully saturated rings. The Morgan fingerprint density at radius 2 is 2.05 bits per heavy atom. The molecule has 2 aromatic rings. The van der Waals surface area contributed by atoms with Crippen molar-refractivity contribution in [1.29, 1.82) is 5.26 Å². The molecule has 3 nitrogen and oxygen atoms in total. The molecule has 2 heterocycles. The molecule has 1 aliphatic heterocycles. The fraction of sp³-hybridized carbons (Fsp3) is 0.286. The van der Waals surface area contributed by atoms with Crippen molar-refractivity contribution in [2.75, 3.05) is 29.5 Å². The minimum absolute atomic E-state index is 0.632. The third-order valence-corrected chi connectivity index (χ3v) is 4.39. The van der Waals surface area contributed by atoms with E-state index in [0.717, 1.165) is 41.3 Å². The zero-order valence-electron chi connectivity index (χ0n) is 10.3. The lowest BCUT2D eigenvalue weighted by molar-refractivity contribution is 0.842. The molecule has 0 aliphatic carbocycles. The predicted octanol–water partition coefficient (Wildman–Crippen LogP) is 3.31. The van der Waals surface area contributed by atoms with Gasteiger partial charge in [0.1, 0.15) is 5.82 Å². The van der Waals surface area contributed by atoms with E-state index < -0.39 is 0 Å². The molecule has 0 N–H and O–H groups in total. The Morgan fingerprint density at radius 1 is 1.26 bits per heavy atom. The van der Waals surface area contributed by atoms with Crippen LogP contribution in [0.1, 0.15) is 5.56 Å². The number of fused-ring (bicyclic) bond motifs is 1. The molecule has 1 saturated heterocycles. The van der Waals surface area contributed by atoms with Crippen molar-refractivity contribution in [1.82, 2.24) is 4.98 Å². The van der Waals surface area contributed by atoms with E-state index >= 15 is 0 Å². The van der Waals surface area contributed by atoms with Crippen molar-refractivity contribution in [2.24, 2.45) is 0 Å². The maximum atomic E-state index is 9.31. The molecule has 1 aromatic heterocycles. The van der Waals surface area contributed by atoms with Gasteiger partial charge in [-0.1, -0.05) is 11.6 Å². The number of hydrogen-bond acceptors (Lipinski definition) is 4. The largest absolute Gasteiger partial charge is 0.355 e. The number of benzene rings is 1. The van der Waals surface area contributed by atoms with Crippen LogP contribution in [0.2, 0.25) is 5.02 Å². The van der Waals surface area contributed by atoms with Crippen molar-refractivity contribution < 1.29 is 0 Å². The van der Waals surface area contributed by atoms with Gasteiger partial charge in [-0.3, -0.25) is 0 Å². The lowest BCUT2D eigenvalue weighted by Gasteiger charge is -2.27. The molecular formula is C14H12ClN3S. The fourth-order valence-electron chi connectivity index (χ4n) is 2.23. The minimum Gasteiger partial charge on any atom is -0.355 e. The SMILES string of the molecule is N#Cc1cc(N2CCSCC2)nc2ccc(Cl)cc12. The molecule has 0 spiro atoms. The summed E-state index contributed by atoms with van der Waals surface area (Å²) in [6.45, 7) is 1.98. The minimum atomic E-state index is 0.632. The van der Waals surface area contributed by atoms with Crippen LogP contribution in [0.4, 0.5) is 5.82 Å². The van der Waals surface area contributed by atoms with Crippen LogP contribution >= 0.6 is 23.4 Å². The molecule has 0 radical (unpaired) electrons. The van der Waals surface area contributed by atoms with Crippen molar-refractivity contribution in [3.63, 3.8) is 0 Å². The van der Waals surface area contributed by atoms with Gasteiger partial charge in [0.25, 0.3) is 0 Å². The molecule has 0 unspecified atom stereocenters. The van der Waals surface area contributed by atoms with Gasteiger partial charge in [0, 0.05) is 35.0 Å². The molecule has 1 aliphatic rings. The summed E-state index contributed by atoms with van der Waals surface area (Å²) < 4.78 is 0. The number of pyridine rings is 1. The number of anilines is 1. The van der Waals surface area contributed by atoms with E-state index in [1.165, 1.54) is 0 Å². The van der Waals surface area contributed by atoms with Crippen LogP contribution in [0.3, 0.4) is 0 Å². The summed E-state index contributed by atoms with van der Waals surface area (Å²) in [5.74, 6) is 3.12. The first-order chi connectivity index (χ1) is 9.28. The average molecular weight is 290 g/mol.